The number of hydrogen-bond donors (Lipinski definition) is 2. The van der Waals surface area contributed by atoms with Crippen molar-refractivity contribution in [1.29, 1.82) is 0 Å². The van der Waals surface area contributed by atoms with Crippen molar-refractivity contribution in [3.63, 3.8) is 0 Å². The normalized spacial score (nSPS) is 21.1. The summed E-state index contributed by atoms with van der Waals surface area (Å²) in [7, 11) is -2.48. The number of aromatic nitrogens is 1. The monoisotopic (exact) mass is 547 g/mol. The van der Waals surface area contributed by atoms with E-state index in [1.54, 1.807) is 11.3 Å². The van der Waals surface area contributed by atoms with Crippen LogP contribution in [0.5, 0.6) is 0 Å². The quantitative estimate of drug-likeness (QED) is 0.389. The van der Waals surface area contributed by atoms with Crippen molar-refractivity contribution >= 4 is 41.7 Å². The first-order valence-electron chi connectivity index (χ1n) is 13.1. The van der Waals surface area contributed by atoms with Gasteiger partial charge in [-0.1, -0.05) is 6.07 Å². The molecule has 1 saturated heterocycles. The van der Waals surface area contributed by atoms with Crippen LogP contribution in [0.3, 0.4) is 0 Å². The maximum Gasteiger partial charge on any atom is 0.412 e. The van der Waals surface area contributed by atoms with Gasteiger partial charge in [-0.15, -0.1) is 11.3 Å². The number of nitrogens with zero attached hydrogens (tertiary/aromatic N) is 1. The van der Waals surface area contributed by atoms with Gasteiger partial charge < -0.3 is 19.4 Å². The summed E-state index contributed by atoms with van der Waals surface area (Å²) in [6, 6.07) is 5.76. The summed E-state index contributed by atoms with van der Waals surface area (Å²) in [4.78, 5) is 30.0. The van der Waals surface area contributed by atoms with Crippen LogP contribution < -0.4 is 15.9 Å². The number of hydrogen-bond acceptors (Lipinski definition) is 7. The molecule has 1 saturated carbocycles. The lowest BCUT2D eigenvalue weighted by Crippen LogP contribution is -2.38. The number of ether oxygens (including phenoxy) is 2. The van der Waals surface area contributed by atoms with Gasteiger partial charge in [-0.25, -0.2) is 14.6 Å². The van der Waals surface area contributed by atoms with Crippen LogP contribution in [0.1, 0.15) is 77.6 Å². The van der Waals surface area contributed by atoms with Gasteiger partial charge in [0.05, 0.1) is 16.0 Å². The maximum absolute atomic E-state index is 13.6. The average molecular weight is 548 g/mol. The van der Waals surface area contributed by atoms with Gasteiger partial charge in [0.15, 0.2) is 0 Å². The molecule has 2 aliphatic rings. The summed E-state index contributed by atoms with van der Waals surface area (Å²) in [5.41, 5.74) is 0.925. The molecule has 10 heteroatoms. The van der Waals surface area contributed by atoms with E-state index in [4.69, 9.17) is 14.5 Å². The Kier molecular flexibility index (Phi) is 8.34. The minimum Gasteiger partial charge on any atom is -0.447 e. The molecule has 4 rings (SSSR count). The molecule has 202 valence electrons. The van der Waals surface area contributed by atoms with Crippen molar-refractivity contribution in [3.05, 3.63) is 29.4 Å². The van der Waals surface area contributed by atoms with E-state index in [2.05, 4.69) is 10.6 Å². The van der Waals surface area contributed by atoms with Gasteiger partial charge in [0.2, 0.25) is 0 Å². The maximum atomic E-state index is 13.6. The molecule has 2 heterocycles. The Balaban J connectivity index is 1.47. The third kappa shape index (κ3) is 7.14. The second-order valence-electron chi connectivity index (χ2n) is 11.3. The average Bonchev–Trinajstić information content (AvgIpc) is 3.26. The lowest BCUT2D eigenvalue weighted by molar-refractivity contribution is 0.0635. The number of alkyl carbamates (subject to hydrolysis) is 1. The molecule has 2 fully saturated rings. The number of carbonyl (C=O) groups excluding carboxylic acids is 2. The first-order valence-corrected chi connectivity index (χ1v) is 16.0. The van der Waals surface area contributed by atoms with E-state index in [1.807, 2.05) is 59.0 Å². The molecule has 8 nitrogen and oxygen atoms in total. The summed E-state index contributed by atoms with van der Waals surface area (Å²) >= 11 is 1.65. The summed E-state index contributed by atoms with van der Waals surface area (Å²) in [5.74, 6) is 0.342. The van der Waals surface area contributed by atoms with Gasteiger partial charge in [0.25, 0.3) is 0 Å². The van der Waals surface area contributed by atoms with E-state index in [9.17, 15) is 14.2 Å². The number of amides is 2. The van der Waals surface area contributed by atoms with E-state index in [0.29, 0.717) is 23.9 Å². The highest BCUT2D eigenvalue weighted by molar-refractivity contribution is 7.73. The zero-order chi connectivity index (χ0) is 26.8. The Morgan fingerprint density at radius 1 is 1.11 bits per heavy atom. The number of anilines is 1. The Hall–Kier alpha value is -2.38. The standard InChI is InChI=1S/C27H38N3O5PS/c1-17(2)34-25(31)29-19-9-7-18(8-10-19)24-28-16-23(37-24)21-12-11-20(30-26(32)35-27(3,4)5)15-22(21)36(33)13-6-14-36/h11-12,15-19H,6-10,13-14H2,1-5H3,(H,29,31)(H,30,32)/t18-,19-. The second kappa shape index (κ2) is 11.2. The van der Waals surface area contributed by atoms with Gasteiger partial charge in [-0.05, 0) is 78.9 Å². The van der Waals surface area contributed by atoms with E-state index < -0.39 is 18.8 Å². The van der Waals surface area contributed by atoms with Crippen molar-refractivity contribution in [1.82, 2.24) is 10.3 Å². The van der Waals surface area contributed by atoms with Gasteiger partial charge >= 0.3 is 12.2 Å². The Morgan fingerprint density at radius 2 is 1.81 bits per heavy atom. The van der Waals surface area contributed by atoms with Crippen LogP contribution in [0.2, 0.25) is 0 Å². The minimum atomic E-state index is -2.48. The molecular weight excluding hydrogens is 509 g/mol. The molecule has 1 aliphatic heterocycles. The molecule has 2 aromatic rings. The summed E-state index contributed by atoms with van der Waals surface area (Å²) in [5, 5.41) is 7.66. The fourth-order valence-corrected chi connectivity index (χ4v) is 8.35. The van der Waals surface area contributed by atoms with E-state index in [-0.39, 0.29) is 18.2 Å². The Labute approximate surface area is 223 Å². The predicted molar refractivity (Wildman–Crippen MR) is 149 cm³/mol. The molecule has 1 aromatic carbocycles. The molecular formula is C27H38N3O5PS. The van der Waals surface area contributed by atoms with Crippen molar-refractivity contribution in [3.8, 4) is 10.4 Å². The SMILES string of the molecule is CC(C)OC(=O)N[C@H]1CC[C@H](c2ncc(-c3ccc(NC(=O)OC(C)(C)C)cc3P3(=O)CCC3)s2)CC1. The second-order valence-corrected chi connectivity index (χ2v) is 15.5. The molecule has 1 aromatic heterocycles. The summed E-state index contributed by atoms with van der Waals surface area (Å²) in [6.45, 7) is 9.14. The lowest BCUT2D eigenvalue weighted by Gasteiger charge is -2.29. The smallest absolute Gasteiger partial charge is 0.412 e. The van der Waals surface area contributed by atoms with E-state index >= 15 is 0 Å². The number of rotatable bonds is 6. The predicted octanol–water partition coefficient (Wildman–Crippen LogP) is 6.71. The molecule has 2 amide bonds. The van der Waals surface area contributed by atoms with Gasteiger partial charge in [-0.2, -0.15) is 0 Å². The van der Waals surface area contributed by atoms with Crippen molar-refractivity contribution in [2.24, 2.45) is 0 Å². The number of carbonyl (C=O) groups is 2. The van der Waals surface area contributed by atoms with Gasteiger partial charge in [-0.3, -0.25) is 5.32 Å². The third-order valence-corrected chi connectivity index (χ3v) is 11.2. The summed E-state index contributed by atoms with van der Waals surface area (Å²) in [6.07, 6.45) is 6.89. The van der Waals surface area contributed by atoms with Gasteiger partial charge in [0, 0.05) is 47.0 Å². The number of thiazole rings is 1. The van der Waals surface area contributed by atoms with Crippen LogP contribution in [0.15, 0.2) is 24.4 Å². The molecule has 1 aliphatic carbocycles. The molecule has 0 radical (unpaired) electrons. The molecule has 2 N–H and O–H groups in total. The highest BCUT2D eigenvalue weighted by Gasteiger charge is 2.35. The highest BCUT2D eigenvalue weighted by atomic mass is 32.1. The topological polar surface area (TPSA) is 107 Å². The number of nitrogens with one attached hydrogen (secondary N) is 2. The van der Waals surface area contributed by atoms with Crippen molar-refractivity contribution in [2.45, 2.75) is 90.4 Å². The largest absolute Gasteiger partial charge is 0.447 e. The van der Waals surface area contributed by atoms with E-state index in [0.717, 1.165) is 52.9 Å². The van der Waals surface area contributed by atoms with Crippen LogP contribution in [0.4, 0.5) is 15.3 Å². The van der Waals surface area contributed by atoms with Crippen molar-refractivity contribution in [2.75, 3.05) is 17.6 Å². The lowest BCUT2D eigenvalue weighted by atomic mass is 9.86. The van der Waals surface area contributed by atoms with Crippen molar-refractivity contribution < 1.29 is 23.6 Å². The molecule has 37 heavy (non-hydrogen) atoms. The number of benzene rings is 1. The van der Waals surface area contributed by atoms with Crippen LogP contribution in [-0.2, 0) is 14.0 Å². The molecule has 0 unspecified atom stereocenters. The Morgan fingerprint density at radius 3 is 2.41 bits per heavy atom. The third-order valence-electron chi connectivity index (χ3n) is 6.65. The fraction of sp³-hybridized carbons (Fsp3) is 0.593. The highest BCUT2D eigenvalue weighted by Crippen LogP contribution is 2.56. The molecule has 0 bridgehead atoms. The van der Waals surface area contributed by atoms with Crippen LogP contribution >= 0.6 is 18.5 Å². The first-order chi connectivity index (χ1) is 17.4. The first kappa shape index (κ1) is 27.6. The van der Waals surface area contributed by atoms with Crippen LogP contribution in [0.25, 0.3) is 10.4 Å². The zero-order valence-electron chi connectivity index (χ0n) is 22.3. The van der Waals surface area contributed by atoms with Crippen LogP contribution in [0, 0.1) is 0 Å². The van der Waals surface area contributed by atoms with Gasteiger partial charge in [0.1, 0.15) is 12.7 Å². The molecule has 0 atom stereocenters. The van der Waals surface area contributed by atoms with Crippen LogP contribution in [-0.4, -0.2) is 47.2 Å². The molecule has 0 spiro atoms. The fourth-order valence-electron chi connectivity index (χ4n) is 4.76. The summed E-state index contributed by atoms with van der Waals surface area (Å²) < 4.78 is 24.2. The zero-order valence-corrected chi connectivity index (χ0v) is 24.0. The Bertz CT molecular complexity index is 1170. The minimum absolute atomic E-state index is 0.127. The van der Waals surface area contributed by atoms with E-state index in [1.165, 1.54) is 0 Å².